The molecule has 10 unspecified atom stereocenters. The third-order valence-electron chi connectivity index (χ3n) is 19.7. The van der Waals surface area contributed by atoms with Gasteiger partial charge in [0, 0.05) is 96.5 Å². The van der Waals surface area contributed by atoms with Crippen LogP contribution < -0.4 is 74.4 Å². The van der Waals surface area contributed by atoms with Crippen LogP contribution in [0.15, 0.2) is 160 Å². The topological polar surface area (TPSA) is 734 Å². The lowest BCUT2D eigenvalue weighted by molar-refractivity contribution is -0.339. The number of allylic oxidation sites excluding steroid dienone is 6. The minimum atomic E-state index is -6.09. The van der Waals surface area contributed by atoms with Gasteiger partial charge in [0.25, 0.3) is 30.1 Å². The van der Waals surface area contributed by atoms with E-state index >= 15 is 0 Å². The summed E-state index contributed by atoms with van der Waals surface area (Å²) in [4.78, 5) is 219. The number of epoxide rings is 1. The number of aliphatic hydroxyl groups is 3. The quantitative estimate of drug-likeness (QED) is 0.0103. The predicted octanol–water partition coefficient (Wildman–Crippen LogP) is -0.393. The maximum Gasteiger partial charge on any atom is 0.339 e. The number of hydrogen-bond acceptors (Lipinski definition) is 42. The number of carbonyl (C=O) groups is 5. The Balaban J connectivity index is 0.000000278. The highest BCUT2D eigenvalue weighted by Crippen LogP contribution is 2.60. The first kappa shape index (κ1) is 115. The van der Waals surface area contributed by atoms with E-state index in [2.05, 4.69) is 87.6 Å². The van der Waals surface area contributed by atoms with E-state index in [1.54, 1.807) is 65.8 Å². The standard InChI is InChI=1S/C13H21N2O14P3.C13H19N2O8P.C12H16N2O5.C9H10N2O3.C8H12O2.C7H10O3.C5H6O.C5H6.C4H6O3.C2H4O3.2CH4/c1-13(2)26-10-7(15-4-3-9(16)14-12(15)17)5-8(11(10)27-13)25-6-30(18,19)28-32(23,24)29-31(20,21)22;1-13(2)22-10-7(15-4-3-9(16)14-12(15)17)5-8(11(10)23-13)21-6-24(18,19)20;1-12(2)18-9-6(5-7(15)10(9)19-12)14-4-3-8(16)13-11(14)17;12-7-2-1-6(5-7)11-4-3-8(13)10-9(11)14;1-6-3-4-8(5-6)10-7(2)9;1-5(8)10-7-3-2-6(9)4-7;1-2-4-5(3-1)6-4;1-2-4-5-3-1;1-3(5)7-4(2)6;1-2(3)5-4;;/h3-4,7-8,10-11H,5-6H2,1-2H3,(H,18,19)(H,23,24)(H,14,16,17)(H2,20,21,22);3-4,7-8,10-11H,5-6H2,1-2H3,(H,14,16,17)(H2,18,19,20);3-4,6-7,9-10,15H,5H2,1-2H3,(H,13,16,17);1-4,6-7,12H,5H2,(H,10,13,14);3-4,6,8H,5H2,1-2H3;2-3,6-7,9H,4H2,1H3;1-2,4-5H,3H2;1-4H,5H2;1-2H3;4H,1H3;2*1H4/p-6/t2*7-,8+,10?,11?;6-,7+,9?,10?;6-,7+;6-,8+;6-,7+;;;;;;/m111011....../s1. The second-order valence-corrected chi connectivity index (χ2v) is 38.1. The van der Waals surface area contributed by atoms with E-state index in [0.717, 1.165) is 36.8 Å². The van der Waals surface area contributed by atoms with Gasteiger partial charge in [-0.1, -0.05) is 82.5 Å². The van der Waals surface area contributed by atoms with Crippen molar-refractivity contribution in [3.8, 4) is 0 Å². The monoisotopic (exact) mass is 1980 g/mol. The van der Waals surface area contributed by atoms with Gasteiger partial charge in [-0.05, 0) is 106 Å². The van der Waals surface area contributed by atoms with Gasteiger partial charge in [-0.15, -0.1) is 0 Å². The Morgan fingerprint density at radius 2 is 0.843 bits per heavy atom. The Labute approximate surface area is 764 Å². The zero-order valence-corrected chi connectivity index (χ0v) is 76.6. The summed E-state index contributed by atoms with van der Waals surface area (Å²) >= 11 is 0. The number of nitrogens with one attached hydrogen (secondary N) is 4. The lowest BCUT2D eigenvalue weighted by Crippen LogP contribution is -2.36. The third-order valence-corrected chi connectivity index (χ3v) is 24.0. The first-order chi connectivity index (χ1) is 61.3. The summed E-state index contributed by atoms with van der Waals surface area (Å²) in [7, 11) is -22.4. The number of rotatable bonds is 16. The number of aromatic amines is 4. The van der Waals surface area contributed by atoms with Crippen molar-refractivity contribution in [3.63, 3.8) is 0 Å². The summed E-state index contributed by atoms with van der Waals surface area (Å²) in [6.07, 6.45) is 25.1. The molecule has 4 aromatic heterocycles. The Bertz CT molecular complexity index is 5500. The summed E-state index contributed by atoms with van der Waals surface area (Å²) in [6, 6.07) is 3.10. The van der Waals surface area contributed by atoms with E-state index in [9.17, 15) is 120 Å². The minimum Gasteiger partial charge on any atom is -0.809 e. The fourth-order valence-corrected chi connectivity index (χ4v) is 18.3. The highest BCUT2D eigenvalue weighted by molar-refractivity contribution is 7.66. The molecule has 3 saturated carbocycles. The van der Waals surface area contributed by atoms with Crippen LogP contribution >= 0.6 is 30.8 Å². The number of aliphatic hydroxyl groups excluding tert-OH is 3. The zero-order valence-electron chi connectivity index (χ0n) is 73.0. The number of aromatic nitrogens is 8. The summed E-state index contributed by atoms with van der Waals surface area (Å²) in [5.41, 5.74) is -4.32. The predicted molar refractivity (Wildman–Crippen MR) is 454 cm³/mol. The molecule has 8 heterocycles. The van der Waals surface area contributed by atoms with E-state index in [1.165, 1.54) is 84.4 Å². The van der Waals surface area contributed by atoms with E-state index in [0.29, 0.717) is 37.4 Å². The maximum absolute atomic E-state index is 12.2. The van der Waals surface area contributed by atoms with Crippen LogP contribution in [0.2, 0.25) is 0 Å². The second kappa shape index (κ2) is 50.2. The van der Waals surface area contributed by atoms with Crippen molar-refractivity contribution in [3.05, 3.63) is 205 Å². The molecule has 0 amide bonds. The molecule has 750 valence electrons. The number of esters is 4. The zero-order chi connectivity index (χ0) is 98.5. The van der Waals surface area contributed by atoms with Crippen LogP contribution in [0.5, 0.6) is 0 Å². The van der Waals surface area contributed by atoms with Gasteiger partial charge in [-0.3, -0.25) is 89.7 Å². The lowest BCUT2D eigenvalue weighted by Gasteiger charge is -2.38. The van der Waals surface area contributed by atoms with Crippen LogP contribution in [0.25, 0.3) is 0 Å². The van der Waals surface area contributed by atoms with E-state index in [4.69, 9.17) is 62.5 Å². The Morgan fingerprint density at radius 3 is 1.15 bits per heavy atom. The fraction of sp³-hybridized carbons (Fsp3) is 0.588. The molecule has 8 N–H and O–H groups in total. The number of nitrogens with zero attached hydrogens (tertiary/aromatic N) is 4. The molecule has 0 aromatic carbocycles. The van der Waals surface area contributed by atoms with Gasteiger partial charge in [-0.2, -0.15) is 5.26 Å². The number of phosphoric acid groups is 2. The van der Waals surface area contributed by atoms with Crippen LogP contribution in [0.3, 0.4) is 0 Å². The highest BCUT2D eigenvalue weighted by atomic mass is 31.3. The smallest absolute Gasteiger partial charge is 0.339 e. The lowest BCUT2D eigenvalue weighted by atomic mass is 10.1. The fourth-order valence-electron chi connectivity index (χ4n) is 14.7. The molecule has 134 heavy (non-hydrogen) atoms. The van der Waals surface area contributed by atoms with Gasteiger partial charge < -0.3 is 120 Å². The largest absolute Gasteiger partial charge is 0.809 e. The third kappa shape index (κ3) is 38.0. The molecule has 4 aromatic rings. The number of ether oxygens (including phenoxy) is 12. The van der Waals surface area contributed by atoms with Crippen molar-refractivity contribution < 1.29 is 163 Å². The molecule has 54 heteroatoms. The molecule has 8 aliphatic carbocycles. The Morgan fingerprint density at radius 1 is 0.463 bits per heavy atom. The van der Waals surface area contributed by atoms with Crippen LogP contribution in [0.4, 0.5) is 0 Å². The van der Waals surface area contributed by atoms with Crippen molar-refractivity contribution in [2.45, 2.75) is 282 Å². The Hall–Kier alpha value is -9.21. The SMILES string of the molecule is C.C.C1=CC2OC2C1.C1=CCC=C1.CC(=O)OC(C)=O.CC(=O)OO.CC(=O)O[C@H]1C=C[C@@H](C)C1.CC(=O)O[C@H]1C=C[C@@H](O)C1.CC1(C)OC2C(O1)[C@@H](O)C[C@H]2n1ccc(=O)[nH]c1=O.CC1(C)OC2C(O1)[C@H](n1ccc(=O)[nH]c1=O)C[C@@H]2OCP(=O)([O-])OP(=O)([O-])OP(=O)([O-])[O-].CC1(C)OC2C(O1)[C@H](n1ccc(=O)[nH]c1=O)C[C@@H]2OCP(=O)([O-])[O-].O=c1ccn([C@H]2C=C[C@@H](O)C2)c(=O)[nH]1. The summed E-state index contributed by atoms with van der Waals surface area (Å²) in [6.45, 7) is 18.4. The van der Waals surface area contributed by atoms with Crippen molar-refractivity contribution in [2.75, 3.05) is 12.7 Å². The van der Waals surface area contributed by atoms with Gasteiger partial charge in [0.15, 0.2) is 25.0 Å². The number of hydrogen-bond donors (Lipinski definition) is 8. The van der Waals surface area contributed by atoms with Crippen molar-refractivity contribution in [1.29, 1.82) is 0 Å². The average Bonchev–Trinajstić information content (AvgIpc) is 1.61. The van der Waals surface area contributed by atoms with Crippen LogP contribution in [0.1, 0.15) is 173 Å². The van der Waals surface area contributed by atoms with E-state index in [1.807, 2.05) is 6.08 Å². The van der Waals surface area contributed by atoms with Crippen LogP contribution in [0, 0.1) is 5.92 Å². The van der Waals surface area contributed by atoms with E-state index in [-0.39, 0.29) is 63.9 Å². The van der Waals surface area contributed by atoms with Gasteiger partial charge in [0.05, 0.1) is 75.0 Å². The average molecular weight is 1980 g/mol. The Kier molecular flexibility index (Phi) is 43.2. The van der Waals surface area contributed by atoms with Crippen LogP contribution in [-0.4, -0.2) is 210 Å². The maximum atomic E-state index is 12.2. The summed E-state index contributed by atoms with van der Waals surface area (Å²) in [5, 5.41) is 35.5. The van der Waals surface area contributed by atoms with Crippen molar-refractivity contribution in [2.24, 2.45) is 5.92 Å². The molecule has 0 spiro atoms. The van der Waals surface area contributed by atoms with Crippen molar-refractivity contribution in [1.82, 2.24) is 38.2 Å². The molecule has 4 saturated heterocycles. The van der Waals surface area contributed by atoms with Gasteiger partial charge >= 0.3 is 52.6 Å². The van der Waals surface area contributed by atoms with E-state index < -0.39 is 203 Å². The molecule has 0 bridgehead atoms. The molecular weight excluding hydrogens is 1870 g/mol. The number of H-pyrrole nitrogens is 4. The first-order valence-corrected chi connectivity index (χ1v) is 46.9. The molecule has 12 aliphatic rings. The minimum absolute atomic E-state index is 0. The second-order valence-electron chi connectivity index (χ2n) is 32.1. The highest BCUT2D eigenvalue weighted by Gasteiger charge is 2.58. The summed E-state index contributed by atoms with van der Waals surface area (Å²) < 4.78 is 120. The number of fused-ring (bicyclic) bond motifs is 4. The molecule has 22 atom stereocenters. The van der Waals surface area contributed by atoms with Gasteiger partial charge in [-0.25, -0.2) is 24.0 Å². The van der Waals surface area contributed by atoms with Crippen LogP contribution in [-0.2, 0) is 113 Å². The van der Waals surface area contributed by atoms with Gasteiger partial charge in [0.1, 0.15) is 61.3 Å². The molecule has 4 aliphatic heterocycles. The van der Waals surface area contributed by atoms with Crippen molar-refractivity contribution >= 4 is 60.7 Å². The molecular formula is C80H112N8O42P4-6. The number of carbonyl (C=O) groups excluding carboxylic acids is 5. The first-order valence-electron chi connectivity index (χ1n) is 40.5. The molecule has 0 radical (unpaired) electrons. The molecule has 50 nitrogen and oxygen atoms in total. The normalized spacial score (nSPS) is 29.1. The molecule has 16 rings (SSSR count). The molecule has 7 fully saturated rings. The van der Waals surface area contributed by atoms with Gasteiger partial charge in [0.2, 0.25) is 0 Å². The summed E-state index contributed by atoms with van der Waals surface area (Å²) in [5.74, 6) is -4.61.